The Kier molecular flexibility index (Phi) is 8.50. The molecule has 2 fully saturated rings. The molecule has 45 heavy (non-hydrogen) atoms. The van der Waals surface area contributed by atoms with Crippen molar-refractivity contribution in [2.24, 2.45) is 0 Å². The molecule has 9 nitrogen and oxygen atoms in total. The topological polar surface area (TPSA) is 106 Å². The van der Waals surface area contributed by atoms with Crippen molar-refractivity contribution in [1.29, 1.82) is 10.5 Å². The molecule has 0 saturated carbocycles. The number of carbonyl (C=O) groups excluding carboxylic acids is 1. The van der Waals surface area contributed by atoms with E-state index in [0.29, 0.717) is 23.0 Å². The van der Waals surface area contributed by atoms with Crippen molar-refractivity contribution >= 4 is 34.1 Å². The van der Waals surface area contributed by atoms with E-state index in [1.165, 1.54) is 18.6 Å². The van der Waals surface area contributed by atoms with Crippen molar-refractivity contribution < 1.29 is 18.3 Å². The highest BCUT2D eigenvalue weighted by molar-refractivity contribution is 6.35. The number of likely N-dealkylation sites (tertiary alicyclic amines) is 1. The van der Waals surface area contributed by atoms with Gasteiger partial charge in [-0.25, -0.2) is 8.78 Å². The molecule has 2 aromatic carbocycles. The van der Waals surface area contributed by atoms with Crippen LogP contribution in [0.4, 0.5) is 14.5 Å². The van der Waals surface area contributed by atoms with Crippen molar-refractivity contribution in [1.82, 2.24) is 14.4 Å². The molecule has 1 amide bonds. The van der Waals surface area contributed by atoms with Gasteiger partial charge in [0.2, 0.25) is 5.91 Å². The predicted octanol–water partition coefficient (Wildman–Crippen LogP) is 5.01. The van der Waals surface area contributed by atoms with E-state index < -0.39 is 29.3 Å². The average molecular weight is 633 g/mol. The van der Waals surface area contributed by atoms with Gasteiger partial charge < -0.3 is 19.4 Å². The Balaban J connectivity index is 1.55. The SMILES string of the molecule is C=CC(=O)N1CCN(c2c(C#N)c(=O)n3c4c(c(-c5ccc(F)cc5F)c(Cl)cc24)OCC3CCCN2CCC2)C[C@@H]1CC#N. The van der Waals surface area contributed by atoms with E-state index >= 15 is 4.39 Å². The molecule has 0 radical (unpaired) electrons. The third kappa shape index (κ3) is 5.41. The van der Waals surface area contributed by atoms with Gasteiger partial charge in [0.1, 0.15) is 29.9 Å². The van der Waals surface area contributed by atoms with E-state index in [-0.39, 0.29) is 66.0 Å². The van der Waals surface area contributed by atoms with Crippen LogP contribution < -0.4 is 15.2 Å². The third-order valence-electron chi connectivity index (χ3n) is 9.01. The third-order valence-corrected chi connectivity index (χ3v) is 9.31. The number of halogens is 3. The fourth-order valence-electron chi connectivity index (χ4n) is 6.72. The molecule has 3 aliphatic heterocycles. The van der Waals surface area contributed by atoms with Gasteiger partial charge in [-0.05, 0) is 63.2 Å². The molecule has 3 aliphatic rings. The number of amides is 1. The number of ether oxygens (including phenoxy) is 1. The maximum absolute atomic E-state index is 15.2. The second-order valence-corrected chi connectivity index (χ2v) is 12.0. The van der Waals surface area contributed by atoms with Gasteiger partial charge in [0, 0.05) is 42.2 Å². The normalized spacial score (nSPS) is 19.4. The molecule has 0 bridgehead atoms. The fourth-order valence-corrected chi connectivity index (χ4v) is 7.02. The first-order valence-corrected chi connectivity index (χ1v) is 15.4. The molecule has 0 aliphatic carbocycles. The molecular weight excluding hydrogens is 602 g/mol. The monoisotopic (exact) mass is 632 g/mol. The second kappa shape index (κ2) is 12.5. The summed E-state index contributed by atoms with van der Waals surface area (Å²) in [6.45, 7) is 7.34. The minimum absolute atomic E-state index is 0.0186. The number of hydrogen-bond donors (Lipinski definition) is 0. The second-order valence-electron chi connectivity index (χ2n) is 11.6. The molecule has 232 valence electrons. The molecule has 1 unspecified atom stereocenters. The average Bonchev–Trinajstić information content (AvgIpc) is 3.00. The number of carbonyl (C=O) groups is 1. The van der Waals surface area contributed by atoms with Crippen LogP contribution in [-0.4, -0.2) is 72.2 Å². The van der Waals surface area contributed by atoms with Crippen LogP contribution in [0, 0.1) is 34.3 Å². The Hall–Kier alpha value is -4.45. The van der Waals surface area contributed by atoms with Crippen LogP contribution in [-0.2, 0) is 4.79 Å². The van der Waals surface area contributed by atoms with Crippen molar-refractivity contribution in [2.45, 2.75) is 37.8 Å². The van der Waals surface area contributed by atoms with Crippen LogP contribution in [0.15, 0.2) is 41.7 Å². The molecule has 6 rings (SSSR count). The molecule has 2 saturated heterocycles. The molecule has 2 atom stereocenters. The maximum Gasteiger partial charge on any atom is 0.271 e. The minimum atomic E-state index is -0.835. The Morgan fingerprint density at radius 3 is 2.62 bits per heavy atom. The summed E-state index contributed by atoms with van der Waals surface area (Å²) in [6, 6.07) is 8.12. The van der Waals surface area contributed by atoms with Crippen LogP contribution in [0.1, 0.15) is 37.3 Å². The lowest BCUT2D eigenvalue weighted by Crippen LogP contribution is -2.55. The molecule has 0 N–H and O–H groups in total. The number of piperazine rings is 1. The van der Waals surface area contributed by atoms with Gasteiger partial charge in [0.25, 0.3) is 5.56 Å². The van der Waals surface area contributed by atoms with Crippen LogP contribution in [0.5, 0.6) is 5.75 Å². The lowest BCUT2D eigenvalue weighted by Gasteiger charge is -2.42. The zero-order valence-electron chi connectivity index (χ0n) is 24.6. The minimum Gasteiger partial charge on any atom is -0.488 e. The summed E-state index contributed by atoms with van der Waals surface area (Å²) < 4.78 is 37.0. The molecule has 4 heterocycles. The highest BCUT2D eigenvalue weighted by Crippen LogP contribution is 2.48. The first-order valence-electron chi connectivity index (χ1n) is 15.0. The first kappa shape index (κ1) is 30.6. The smallest absolute Gasteiger partial charge is 0.271 e. The number of benzene rings is 2. The standard InChI is InChI=1S/C33H31ClF2N6O3/c1-2-28(43)41-14-13-40(18-21(41)8-9-37)30-24-16-26(34)29(23-7-6-20(35)15-27(23)36)32-31(24)42(33(44)25(30)17-38)22(19-45-32)5-3-10-39-11-4-12-39/h2,6-7,15-16,21-22H,1,3-5,8,10-14,18-19H2/t21-,22?/m0/s1. The van der Waals surface area contributed by atoms with Gasteiger partial charge in [-0.2, -0.15) is 10.5 Å². The quantitative estimate of drug-likeness (QED) is 0.322. The van der Waals surface area contributed by atoms with E-state index in [0.717, 1.165) is 38.2 Å². The number of hydrogen-bond acceptors (Lipinski definition) is 7. The van der Waals surface area contributed by atoms with E-state index in [9.17, 15) is 24.5 Å². The van der Waals surface area contributed by atoms with Gasteiger partial charge in [-0.15, -0.1) is 0 Å². The fraction of sp³-hybridized carbons (Fsp3) is 0.394. The van der Waals surface area contributed by atoms with E-state index in [1.807, 2.05) is 4.90 Å². The summed E-state index contributed by atoms with van der Waals surface area (Å²) in [7, 11) is 0. The summed E-state index contributed by atoms with van der Waals surface area (Å²) in [5.41, 5.74) is 0.311. The molecule has 3 aromatic rings. The van der Waals surface area contributed by atoms with E-state index in [1.54, 1.807) is 15.5 Å². The molecule has 1 aromatic heterocycles. The van der Waals surface area contributed by atoms with Crippen molar-refractivity contribution in [3.05, 3.63) is 69.5 Å². The number of nitriles is 2. The van der Waals surface area contributed by atoms with Crippen LogP contribution in [0.2, 0.25) is 5.02 Å². The summed E-state index contributed by atoms with van der Waals surface area (Å²) in [5.74, 6) is -1.71. The van der Waals surface area contributed by atoms with Gasteiger partial charge >= 0.3 is 0 Å². The summed E-state index contributed by atoms with van der Waals surface area (Å²) in [6.07, 6.45) is 3.83. The van der Waals surface area contributed by atoms with Gasteiger partial charge in [0.15, 0.2) is 5.75 Å². The first-order chi connectivity index (χ1) is 21.8. The number of anilines is 1. The molecule has 0 spiro atoms. The highest BCUT2D eigenvalue weighted by atomic mass is 35.5. The predicted molar refractivity (Wildman–Crippen MR) is 166 cm³/mol. The lowest BCUT2D eigenvalue weighted by atomic mass is 9.96. The lowest BCUT2D eigenvalue weighted by molar-refractivity contribution is -0.128. The zero-order valence-corrected chi connectivity index (χ0v) is 25.3. The van der Waals surface area contributed by atoms with Crippen LogP contribution in [0.25, 0.3) is 22.0 Å². The highest BCUT2D eigenvalue weighted by Gasteiger charge is 2.36. The van der Waals surface area contributed by atoms with Crippen LogP contribution in [0.3, 0.4) is 0 Å². The Labute approximate surface area is 264 Å². The number of rotatable bonds is 8. The Morgan fingerprint density at radius 2 is 1.96 bits per heavy atom. The Bertz CT molecular complexity index is 1840. The van der Waals surface area contributed by atoms with Crippen LogP contribution >= 0.6 is 11.6 Å². The maximum atomic E-state index is 15.2. The Morgan fingerprint density at radius 1 is 1.16 bits per heavy atom. The van der Waals surface area contributed by atoms with Gasteiger partial charge in [0.05, 0.1) is 40.8 Å². The summed E-state index contributed by atoms with van der Waals surface area (Å²) in [5, 5.41) is 20.5. The van der Waals surface area contributed by atoms with Gasteiger partial charge in [-0.1, -0.05) is 18.2 Å². The van der Waals surface area contributed by atoms with Crippen molar-refractivity contribution in [3.63, 3.8) is 0 Å². The van der Waals surface area contributed by atoms with Crippen molar-refractivity contribution in [3.8, 4) is 29.0 Å². The molecule has 12 heteroatoms. The number of nitrogens with zero attached hydrogens (tertiary/aromatic N) is 6. The largest absolute Gasteiger partial charge is 0.488 e. The zero-order chi connectivity index (χ0) is 31.8. The van der Waals surface area contributed by atoms with E-state index in [4.69, 9.17) is 16.3 Å². The van der Waals surface area contributed by atoms with E-state index in [2.05, 4.69) is 23.6 Å². The number of aromatic nitrogens is 1. The van der Waals surface area contributed by atoms with Crippen molar-refractivity contribution in [2.75, 3.05) is 50.8 Å². The number of pyridine rings is 1. The summed E-state index contributed by atoms with van der Waals surface area (Å²) in [4.78, 5) is 32.6. The van der Waals surface area contributed by atoms with Gasteiger partial charge in [-0.3, -0.25) is 14.2 Å². The molecular formula is C33H31ClF2N6O3. The summed E-state index contributed by atoms with van der Waals surface area (Å²) >= 11 is 6.85.